The first-order chi connectivity index (χ1) is 4.63. The van der Waals surface area contributed by atoms with E-state index in [1.165, 1.54) is 0 Å². The minimum atomic E-state index is -5.17. The first-order valence-electron chi connectivity index (χ1n) is 2.04. The van der Waals surface area contributed by atoms with Crippen LogP contribution in [0.3, 0.4) is 0 Å². The average Bonchev–Trinajstić information content (AvgIpc) is 1.56. The van der Waals surface area contributed by atoms with Gasteiger partial charge in [0.15, 0.2) is 0 Å². The van der Waals surface area contributed by atoms with Gasteiger partial charge in [-0.15, -0.1) is 0 Å². The molecular weight excluding hydrogens is 318 g/mol. The van der Waals surface area contributed by atoms with Gasteiger partial charge in [-0.05, 0) is 0 Å². The van der Waals surface area contributed by atoms with Crippen molar-refractivity contribution in [3.8, 4) is 0 Å². The molecule has 0 spiro atoms. The number of halogens is 3. The number of amides is 1. The van der Waals surface area contributed by atoms with Crippen LogP contribution in [0.5, 0.6) is 0 Å². The van der Waals surface area contributed by atoms with E-state index < -0.39 is 17.4 Å². The van der Waals surface area contributed by atoms with Crippen LogP contribution in [0.15, 0.2) is 0 Å². The Labute approximate surface area is 175 Å². The smallest absolute Gasteiger partial charge is 0.795 e. The van der Waals surface area contributed by atoms with E-state index in [-0.39, 0.29) is 103 Å². The molecule has 0 bridgehead atoms. The zero-order valence-electron chi connectivity index (χ0n) is 6.71. The minimum Gasteiger partial charge on any atom is -0.795 e. The fourth-order valence-electron chi connectivity index (χ4n) is 0.188. The molecular formula is C2HCl3K2NO4P. The van der Waals surface area contributed by atoms with Crippen LogP contribution in [0, 0.1) is 0 Å². The fourth-order valence-corrected chi connectivity index (χ4v) is 0.944. The van der Waals surface area contributed by atoms with Crippen LogP contribution >= 0.6 is 42.5 Å². The van der Waals surface area contributed by atoms with E-state index in [0.717, 1.165) is 5.09 Å². The zero-order valence-corrected chi connectivity index (χ0v) is 16.1. The Balaban J connectivity index is -0.000000500. The summed E-state index contributed by atoms with van der Waals surface area (Å²) in [4.78, 5) is 30.1. The number of alkyl halides is 3. The Bertz CT molecular complexity index is 214. The van der Waals surface area contributed by atoms with Gasteiger partial charge in [-0.25, -0.2) is 0 Å². The van der Waals surface area contributed by atoms with Gasteiger partial charge in [-0.1, -0.05) is 34.8 Å². The Morgan fingerprint density at radius 1 is 1.23 bits per heavy atom. The second-order valence-corrected chi connectivity index (χ2v) is 4.94. The molecule has 5 nitrogen and oxygen atoms in total. The van der Waals surface area contributed by atoms with E-state index in [0.29, 0.717) is 0 Å². The molecule has 11 heteroatoms. The maximum Gasteiger partial charge on any atom is 1.00 e. The quantitative estimate of drug-likeness (QED) is 0.295. The van der Waals surface area contributed by atoms with Crippen molar-refractivity contribution >= 4 is 48.5 Å². The first kappa shape index (κ1) is 22.0. The summed E-state index contributed by atoms with van der Waals surface area (Å²) in [6, 6.07) is 0. The summed E-state index contributed by atoms with van der Waals surface area (Å²) in [6.07, 6.45) is 0. The van der Waals surface area contributed by atoms with Gasteiger partial charge in [-0.3, -0.25) is 4.79 Å². The molecule has 0 saturated carbocycles. The van der Waals surface area contributed by atoms with Crippen LogP contribution in [0.4, 0.5) is 0 Å². The van der Waals surface area contributed by atoms with E-state index in [9.17, 15) is 19.1 Å². The monoisotopic (exact) mass is 317 g/mol. The van der Waals surface area contributed by atoms with Crippen molar-refractivity contribution in [3.05, 3.63) is 0 Å². The van der Waals surface area contributed by atoms with Gasteiger partial charge in [-0.2, -0.15) is 0 Å². The van der Waals surface area contributed by atoms with E-state index >= 15 is 0 Å². The molecule has 0 aliphatic heterocycles. The van der Waals surface area contributed by atoms with Gasteiger partial charge in [0.1, 0.15) is 0 Å². The third-order valence-electron chi connectivity index (χ3n) is 0.496. The number of nitrogens with one attached hydrogen (secondary N) is 1. The SMILES string of the molecule is O=C(NP(=O)([O-])[O-])C(Cl)(Cl)Cl.[K+].[K+]. The number of hydrogen-bond acceptors (Lipinski definition) is 4. The summed E-state index contributed by atoms with van der Waals surface area (Å²) in [6.45, 7) is 0. The molecule has 0 unspecified atom stereocenters. The summed E-state index contributed by atoms with van der Waals surface area (Å²) < 4.78 is 7.41. The molecule has 1 amide bonds. The zero-order chi connectivity index (χ0) is 9.28. The molecule has 0 aliphatic carbocycles. The predicted molar refractivity (Wildman–Crippen MR) is 36.0 cm³/mol. The van der Waals surface area contributed by atoms with Crippen molar-refractivity contribution in [1.82, 2.24) is 5.09 Å². The molecule has 0 aromatic carbocycles. The average molecular weight is 319 g/mol. The van der Waals surface area contributed by atoms with Gasteiger partial charge >= 0.3 is 103 Å². The first-order valence-corrected chi connectivity index (χ1v) is 4.72. The van der Waals surface area contributed by atoms with Crippen molar-refractivity contribution in [2.75, 3.05) is 0 Å². The molecule has 0 aromatic rings. The molecule has 1 N–H and O–H groups in total. The molecule has 0 rings (SSSR count). The van der Waals surface area contributed by atoms with Crippen LogP contribution in [-0.4, -0.2) is 9.70 Å². The summed E-state index contributed by atoms with van der Waals surface area (Å²) in [7, 11) is -5.17. The fraction of sp³-hybridized carbons (Fsp3) is 0.500. The molecule has 0 aromatic heterocycles. The van der Waals surface area contributed by atoms with Gasteiger partial charge < -0.3 is 19.4 Å². The van der Waals surface area contributed by atoms with E-state index in [4.69, 9.17) is 34.8 Å². The summed E-state index contributed by atoms with van der Waals surface area (Å²) in [5, 5.41) is 0.969. The van der Waals surface area contributed by atoms with Gasteiger partial charge in [0, 0.05) is 7.75 Å². The van der Waals surface area contributed by atoms with E-state index in [2.05, 4.69) is 0 Å². The Morgan fingerprint density at radius 2 is 1.54 bits per heavy atom. The molecule has 0 fully saturated rings. The minimum absolute atomic E-state index is 0. The van der Waals surface area contributed by atoms with Crippen molar-refractivity contribution in [3.63, 3.8) is 0 Å². The molecule has 0 heterocycles. The molecule has 66 valence electrons. The van der Waals surface area contributed by atoms with Crippen LogP contribution in [-0.2, 0) is 9.36 Å². The topological polar surface area (TPSA) is 92.3 Å². The second-order valence-electron chi connectivity index (χ2n) is 1.44. The Hall–Kier alpha value is 3.76. The standard InChI is InChI=1S/C2H3Cl3NO4P.2K/c3-2(4,5)1(7)6-11(8,9)10;;/h(H3,6,7,8,9,10);;/q;2*+1/p-2. The Kier molecular flexibility index (Phi) is 14.9. The van der Waals surface area contributed by atoms with E-state index in [1.54, 1.807) is 0 Å². The predicted octanol–water partition coefficient (Wildman–Crippen LogP) is -6.69. The third-order valence-corrected chi connectivity index (χ3v) is 1.49. The van der Waals surface area contributed by atoms with Crippen LogP contribution in [0.2, 0.25) is 0 Å². The largest absolute Gasteiger partial charge is 1.00 e. The van der Waals surface area contributed by atoms with Crippen molar-refractivity contribution in [1.29, 1.82) is 0 Å². The van der Waals surface area contributed by atoms with Crippen molar-refractivity contribution in [2.24, 2.45) is 0 Å². The summed E-state index contributed by atoms with van der Waals surface area (Å²) in [5.74, 6) is -1.49. The van der Waals surface area contributed by atoms with Crippen molar-refractivity contribution < 1.29 is 122 Å². The maximum absolute atomic E-state index is 10.4. The maximum atomic E-state index is 10.4. The van der Waals surface area contributed by atoms with E-state index in [1.807, 2.05) is 0 Å². The Morgan fingerprint density at radius 3 is 1.62 bits per heavy atom. The third kappa shape index (κ3) is 13.7. The van der Waals surface area contributed by atoms with Gasteiger partial charge in [0.05, 0.1) is 0 Å². The summed E-state index contributed by atoms with van der Waals surface area (Å²) in [5.41, 5.74) is 0. The summed E-state index contributed by atoms with van der Waals surface area (Å²) >= 11 is 14.7. The van der Waals surface area contributed by atoms with Gasteiger partial charge in [0.2, 0.25) is 0 Å². The number of carbonyl (C=O) groups is 1. The molecule has 0 aliphatic rings. The second kappa shape index (κ2) is 8.80. The number of carbonyl (C=O) groups excluding carboxylic acids is 1. The molecule has 0 atom stereocenters. The normalized spacial score (nSPS) is 10.8. The number of hydrogen-bond donors (Lipinski definition) is 1. The molecule has 13 heavy (non-hydrogen) atoms. The number of rotatable bonds is 1. The van der Waals surface area contributed by atoms with Crippen LogP contribution < -0.4 is 118 Å². The van der Waals surface area contributed by atoms with Crippen LogP contribution in [0.1, 0.15) is 0 Å². The molecule has 0 saturated heterocycles. The van der Waals surface area contributed by atoms with Crippen LogP contribution in [0.25, 0.3) is 0 Å². The molecule has 0 radical (unpaired) electrons. The van der Waals surface area contributed by atoms with Crippen molar-refractivity contribution in [2.45, 2.75) is 3.79 Å². The van der Waals surface area contributed by atoms with Gasteiger partial charge in [0.25, 0.3) is 9.70 Å².